The van der Waals surface area contributed by atoms with Crippen LogP contribution in [0.3, 0.4) is 0 Å². The third kappa shape index (κ3) is 2.65. The van der Waals surface area contributed by atoms with Gasteiger partial charge in [0.1, 0.15) is 0 Å². The van der Waals surface area contributed by atoms with Crippen LogP contribution in [0.5, 0.6) is 0 Å². The molecular formula is C11H21N3O2. The average Bonchev–Trinajstić information content (AvgIpc) is 2.69. The van der Waals surface area contributed by atoms with Crippen molar-refractivity contribution in [1.82, 2.24) is 10.2 Å². The lowest BCUT2D eigenvalue weighted by atomic mass is 9.92. The van der Waals surface area contributed by atoms with Crippen LogP contribution in [-0.4, -0.2) is 49.8 Å². The number of amides is 2. The van der Waals surface area contributed by atoms with Gasteiger partial charge in [-0.05, 0) is 31.7 Å². The Morgan fingerprint density at radius 2 is 2.19 bits per heavy atom. The first-order chi connectivity index (χ1) is 7.81. The molecule has 92 valence electrons. The molecule has 0 aromatic rings. The van der Waals surface area contributed by atoms with Gasteiger partial charge in [-0.2, -0.15) is 0 Å². The average molecular weight is 227 g/mol. The maximum atomic E-state index is 11.7. The van der Waals surface area contributed by atoms with Crippen molar-refractivity contribution < 1.29 is 9.53 Å². The molecule has 0 bridgehead atoms. The fraction of sp³-hybridized carbons (Fsp3) is 0.909. The first kappa shape index (κ1) is 11.7. The first-order valence-electron chi connectivity index (χ1n) is 6.14. The van der Waals surface area contributed by atoms with Gasteiger partial charge in [-0.3, -0.25) is 0 Å². The van der Waals surface area contributed by atoms with Crippen LogP contribution in [0, 0.1) is 5.92 Å². The smallest absolute Gasteiger partial charge is 0.317 e. The topological polar surface area (TPSA) is 67.6 Å². The van der Waals surface area contributed by atoms with Crippen LogP contribution < -0.4 is 11.1 Å². The Morgan fingerprint density at radius 1 is 1.44 bits per heavy atom. The number of hydrogen-bond acceptors (Lipinski definition) is 3. The molecule has 5 nitrogen and oxygen atoms in total. The molecule has 2 fully saturated rings. The fourth-order valence-electron chi connectivity index (χ4n) is 2.48. The number of rotatable bonds is 4. The Kier molecular flexibility index (Phi) is 4.01. The molecule has 2 heterocycles. The van der Waals surface area contributed by atoms with Gasteiger partial charge in [-0.25, -0.2) is 4.79 Å². The second-order valence-corrected chi connectivity index (χ2v) is 4.59. The standard InChI is InChI=1S/C11H21N3O2/c12-4-1-5-14-8-10(13-11(14)15)9-2-6-16-7-3-9/h9-10H,1-8,12H2,(H,13,15). The third-order valence-corrected chi connectivity index (χ3v) is 3.48. The molecule has 2 rings (SSSR count). The normalized spacial score (nSPS) is 27.2. The van der Waals surface area contributed by atoms with Gasteiger partial charge < -0.3 is 20.7 Å². The number of hydrogen-bond donors (Lipinski definition) is 2. The molecule has 16 heavy (non-hydrogen) atoms. The van der Waals surface area contributed by atoms with E-state index in [9.17, 15) is 4.79 Å². The van der Waals surface area contributed by atoms with E-state index in [2.05, 4.69) is 5.32 Å². The summed E-state index contributed by atoms with van der Waals surface area (Å²) in [5, 5.41) is 3.07. The zero-order valence-electron chi connectivity index (χ0n) is 9.65. The molecule has 2 amide bonds. The second-order valence-electron chi connectivity index (χ2n) is 4.59. The minimum atomic E-state index is 0.0740. The number of nitrogens with two attached hydrogens (primary N) is 1. The molecule has 3 N–H and O–H groups in total. The van der Waals surface area contributed by atoms with E-state index in [0.29, 0.717) is 18.5 Å². The van der Waals surface area contributed by atoms with Gasteiger partial charge in [0.25, 0.3) is 0 Å². The predicted octanol–water partition coefficient (Wildman–Crippen LogP) is 0.156. The Bertz CT molecular complexity index is 241. The van der Waals surface area contributed by atoms with Crippen LogP contribution >= 0.6 is 0 Å². The van der Waals surface area contributed by atoms with Gasteiger partial charge in [0.15, 0.2) is 0 Å². The van der Waals surface area contributed by atoms with Crippen molar-refractivity contribution >= 4 is 6.03 Å². The molecule has 0 aliphatic carbocycles. The van der Waals surface area contributed by atoms with E-state index >= 15 is 0 Å². The molecule has 2 aliphatic rings. The molecule has 0 radical (unpaired) electrons. The predicted molar refractivity (Wildman–Crippen MR) is 61.1 cm³/mol. The highest BCUT2D eigenvalue weighted by molar-refractivity contribution is 5.76. The van der Waals surface area contributed by atoms with Gasteiger partial charge >= 0.3 is 6.03 Å². The van der Waals surface area contributed by atoms with E-state index < -0.39 is 0 Å². The minimum Gasteiger partial charge on any atom is -0.381 e. The third-order valence-electron chi connectivity index (χ3n) is 3.48. The number of ether oxygens (including phenoxy) is 1. The molecule has 2 aliphatic heterocycles. The van der Waals surface area contributed by atoms with Crippen molar-refractivity contribution in [2.24, 2.45) is 11.7 Å². The SMILES string of the molecule is NCCCN1CC(C2CCOCC2)NC1=O. The van der Waals surface area contributed by atoms with Crippen LogP contribution in [0.4, 0.5) is 4.79 Å². The quantitative estimate of drug-likeness (QED) is 0.718. The van der Waals surface area contributed by atoms with Crippen LogP contribution in [-0.2, 0) is 4.74 Å². The Labute approximate surface area is 96.3 Å². The summed E-state index contributed by atoms with van der Waals surface area (Å²) in [6, 6.07) is 0.388. The lowest BCUT2D eigenvalue weighted by Gasteiger charge is -2.26. The van der Waals surface area contributed by atoms with Crippen molar-refractivity contribution in [1.29, 1.82) is 0 Å². The molecule has 1 atom stereocenters. The summed E-state index contributed by atoms with van der Waals surface area (Å²) >= 11 is 0. The summed E-state index contributed by atoms with van der Waals surface area (Å²) in [4.78, 5) is 13.6. The van der Waals surface area contributed by atoms with Crippen LogP contribution in [0.1, 0.15) is 19.3 Å². The zero-order valence-corrected chi connectivity index (χ0v) is 9.65. The van der Waals surface area contributed by atoms with Crippen molar-refractivity contribution in [3.05, 3.63) is 0 Å². The van der Waals surface area contributed by atoms with Crippen LogP contribution in [0.2, 0.25) is 0 Å². The highest BCUT2D eigenvalue weighted by Gasteiger charge is 2.34. The van der Waals surface area contributed by atoms with Crippen LogP contribution in [0.25, 0.3) is 0 Å². The summed E-state index contributed by atoms with van der Waals surface area (Å²) in [5.41, 5.74) is 5.45. The van der Waals surface area contributed by atoms with Gasteiger partial charge in [-0.15, -0.1) is 0 Å². The van der Waals surface area contributed by atoms with E-state index in [1.165, 1.54) is 0 Å². The van der Waals surface area contributed by atoms with Gasteiger partial charge in [-0.1, -0.05) is 0 Å². The fourth-order valence-corrected chi connectivity index (χ4v) is 2.48. The summed E-state index contributed by atoms with van der Waals surface area (Å²) < 4.78 is 5.34. The molecule has 5 heteroatoms. The van der Waals surface area contributed by atoms with Crippen molar-refractivity contribution in [3.63, 3.8) is 0 Å². The van der Waals surface area contributed by atoms with Gasteiger partial charge in [0.2, 0.25) is 0 Å². The highest BCUT2D eigenvalue weighted by Crippen LogP contribution is 2.22. The number of carbonyl (C=O) groups is 1. The van der Waals surface area contributed by atoms with Gasteiger partial charge in [0.05, 0.1) is 6.04 Å². The molecule has 0 spiro atoms. The van der Waals surface area contributed by atoms with E-state index in [0.717, 1.165) is 45.6 Å². The monoisotopic (exact) mass is 227 g/mol. The molecular weight excluding hydrogens is 206 g/mol. The maximum absolute atomic E-state index is 11.7. The molecule has 0 saturated carbocycles. The van der Waals surface area contributed by atoms with Crippen LogP contribution in [0.15, 0.2) is 0 Å². The summed E-state index contributed by atoms with van der Waals surface area (Å²) in [6.07, 6.45) is 3.01. The summed E-state index contributed by atoms with van der Waals surface area (Å²) in [6.45, 7) is 3.93. The Morgan fingerprint density at radius 3 is 2.88 bits per heavy atom. The van der Waals surface area contributed by atoms with Crippen molar-refractivity contribution in [3.8, 4) is 0 Å². The number of nitrogens with zero attached hydrogens (tertiary/aromatic N) is 1. The summed E-state index contributed by atoms with van der Waals surface area (Å²) in [7, 11) is 0. The Hall–Kier alpha value is -0.810. The molecule has 1 unspecified atom stereocenters. The molecule has 2 saturated heterocycles. The number of nitrogens with one attached hydrogen (secondary N) is 1. The minimum absolute atomic E-state index is 0.0740. The second kappa shape index (κ2) is 5.50. The largest absolute Gasteiger partial charge is 0.381 e. The van der Waals surface area contributed by atoms with E-state index in [1.807, 2.05) is 4.90 Å². The van der Waals surface area contributed by atoms with E-state index in [1.54, 1.807) is 0 Å². The van der Waals surface area contributed by atoms with Gasteiger partial charge in [0, 0.05) is 26.3 Å². The van der Waals surface area contributed by atoms with E-state index in [-0.39, 0.29) is 6.03 Å². The Balaban J connectivity index is 1.82. The highest BCUT2D eigenvalue weighted by atomic mass is 16.5. The number of carbonyl (C=O) groups excluding carboxylic acids is 1. The number of urea groups is 1. The molecule has 0 aromatic heterocycles. The van der Waals surface area contributed by atoms with Crippen molar-refractivity contribution in [2.75, 3.05) is 32.8 Å². The lowest BCUT2D eigenvalue weighted by molar-refractivity contribution is 0.0566. The maximum Gasteiger partial charge on any atom is 0.317 e. The van der Waals surface area contributed by atoms with E-state index in [4.69, 9.17) is 10.5 Å². The first-order valence-corrected chi connectivity index (χ1v) is 6.14. The van der Waals surface area contributed by atoms with Crippen molar-refractivity contribution in [2.45, 2.75) is 25.3 Å². The lowest BCUT2D eigenvalue weighted by Crippen LogP contribution is -2.37. The summed E-state index contributed by atoms with van der Waals surface area (Å²) in [5.74, 6) is 0.584. The molecule has 0 aromatic carbocycles. The zero-order chi connectivity index (χ0) is 11.4.